The van der Waals surface area contributed by atoms with Gasteiger partial charge in [-0.2, -0.15) is 4.98 Å². The van der Waals surface area contributed by atoms with Crippen LogP contribution >= 0.6 is 0 Å². The van der Waals surface area contributed by atoms with Crippen LogP contribution in [0.4, 0.5) is 0 Å². The molecule has 0 saturated carbocycles. The molecule has 1 heterocycles. The van der Waals surface area contributed by atoms with Gasteiger partial charge in [-0.25, -0.2) is 4.79 Å². The molecule has 0 atom stereocenters. The van der Waals surface area contributed by atoms with Gasteiger partial charge in [0, 0.05) is 18.3 Å². The minimum atomic E-state index is -0.347. The highest BCUT2D eigenvalue weighted by Gasteiger charge is 2.03. The molecule has 0 radical (unpaired) electrons. The number of hydrogen-bond acceptors (Lipinski definition) is 4. The molecule has 0 N–H and O–H groups in total. The van der Waals surface area contributed by atoms with Crippen LogP contribution in [0.5, 0.6) is 0 Å². The van der Waals surface area contributed by atoms with Gasteiger partial charge < -0.3 is 4.74 Å². The predicted molar refractivity (Wildman–Crippen MR) is 54.6 cm³/mol. The Balaban J connectivity index is 2.77. The molecule has 1 aromatic rings. The van der Waals surface area contributed by atoms with E-state index in [1.807, 2.05) is 13.0 Å². The minimum absolute atomic E-state index is 0.195. The van der Waals surface area contributed by atoms with Crippen LogP contribution in [0.2, 0.25) is 0 Å². The summed E-state index contributed by atoms with van der Waals surface area (Å²) in [6.45, 7) is 5.47. The van der Waals surface area contributed by atoms with E-state index in [0.717, 1.165) is 5.69 Å². The zero-order valence-electron chi connectivity index (χ0n) is 9.11. The number of ether oxygens (including phenoxy) is 1. The van der Waals surface area contributed by atoms with Gasteiger partial charge in [-0.15, -0.1) is 0 Å². The minimum Gasteiger partial charge on any atom is -0.464 e. The lowest BCUT2D eigenvalue weighted by Gasteiger charge is -2.09. The zero-order valence-corrected chi connectivity index (χ0v) is 9.11. The number of aromatic nitrogens is 2. The van der Waals surface area contributed by atoms with Gasteiger partial charge in [-0.3, -0.25) is 9.36 Å². The molecule has 82 valence electrons. The SMILES string of the molecule is CC(=O)OCCn1c(C)cc(C)nc1=O. The van der Waals surface area contributed by atoms with Gasteiger partial charge in [0.05, 0.1) is 6.54 Å². The third-order valence-electron chi connectivity index (χ3n) is 1.97. The van der Waals surface area contributed by atoms with E-state index in [9.17, 15) is 9.59 Å². The fourth-order valence-corrected chi connectivity index (χ4v) is 1.33. The van der Waals surface area contributed by atoms with Gasteiger partial charge in [0.1, 0.15) is 6.61 Å². The molecule has 5 nitrogen and oxygen atoms in total. The second-order valence-corrected chi connectivity index (χ2v) is 3.31. The predicted octanol–water partition coefficient (Wildman–Crippen LogP) is 0.423. The number of esters is 1. The molecule has 15 heavy (non-hydrogen) atoms. The average Bonchev–Trinajstić information content (AvgIpc) is 2.08. The van der Waals surface area contributed by atoms with Gasteiger partial charge in [0.25, 0.3) is 0 Å². The average molecular weight is 210 g/mol. The first kappa shape index (κ1) is 11.4. The molecular formula is C10H14N2O3. The van der Waals surface area contributed by atoms with Crippen LogP contribution in [-0.2, 0) is 16.1 Å². The van der Waals surface area contributed by atoms with E-state index in [1.54, 1.807) is 6.92 Å². The molecule has 0 aliphatic carbocycles. The highest BCUT2D eigenvalue weighted by Crippen LogP contribution is 1.96. The molecule has 0 saturated heterocycles. The summed E-state index contributed by atoms with van der Waals surface area (Å²) in [4.78, 5) is 25.8. The zero-order chi connectivity index (χ0) is 11.4. The van der Waals surface area contributed by atoms with Crippen molar-refractivity contribution in [1.82, 2.24) is 9.55 Å². The molecule has 0 amide bonds. The number of carbonyl (C=O) groups excluding carboxylic acids is 1. The monoisotopic (exact) mass is 210 g/mol. The summed E-state index contributed by atoms with van der Waals surface area (Å²) >= 11 is 0. The third-order valence-corrected chi connectivity index (χ3v) is 1.97. The van der Waals surface area contributed by atoms with Crippen molar-refractivity contribution in [2.45, 2.75) is 27.3 Å². The number of rotatable bonds is 3. The third kappa shape index (κ3) is 3.19. The van der Waals surface area contributed by atoms with Crippen molar-refractivity contribution >= 4 is 5.97 Å². The number of nitrogens with zero attached hydrogens (tertiary/aromatic N) is 2. The van der Waals surface area contributed by atoms with E-state index in [2.05, 4.69) is 4.98 Å². The van der Waals surface area contributed by atoms with E-state index < -0.39 is 0 Å². The second kappa shape index (κ2) is 4.72. The number of hydrogen-bond donors (Lipinski definition) is 0. The summed E-state index contributed by atoms with van der Waals surface area (Å²) in [5, 5.41) is 0. The lowest BCUT2D eigenvalue weighted by atomic mass is 10.3. The molecule has 0 aliphatic rings. The highest BCUT2D eigenvalue weighted by molar-refractivity contribution is 5.65. The number of carbonyl (C=O) groups is 1. The molecule has 0 unspecified atom stereocenters. The fourth-order valence-electron chi connectivity index (χ4n) is 1.33. The first-order valence-corrected chi connectivity index (χ1v) is 4.69. The molecule has 1 aromatic heterocycles. The fraction of sp³-hybridized carbons (Fsp3) is 0.500. The van der Waals surface area contributed by atoms with Crippen molar-refractivity contribution in [2.75, 3.05) is 6.61 Å². The van der Waals surface area contributed by atoms with Crippen LogP contribution in [0.1, 0.15) is 18.3 Å². The molecular weight excluding hydrogens is 196 g/mol. The Labute approximate surface area is 87.7 Å². The summed E-state index contributed by atoms with van der Waals surface area (Å²) in [7, 11) is 0. The lowest BCUT2D eigenvalue weighted by Crippen LogP contribution is -2.27. The maximum Gasteiger partial charge on any atom is 0.348 e. The Bertz CT molecular complexity index is 423. The van der Waals surface area contributed by atoms with E-state index in [1.165, 1.54) is 11.5 Å². The summed E-state index contributed by atoms with van der Waals surface area (Å²) in [5.41, 5.74) is 1.21. The van der Waals surface area contributed by atoms with Gasteiger partial charge in [0.15, 0.2) is 0 Å². The van der Waals surface area contributed by atoms with Crippen molar-refractivity contribution < 1.29 is 9.53 Å². The van der Waals surface area contributed by atoms with E-state index in [4.69, 9.17) is 4.74 Å². The topological polar surface area (TPSA) is 61.2 Å². The largest absolute Gasteiger partial charge is 0.464 e. The van der Waals surface area contributed by atoms with Crippen LogP contribution in [-0.4, -0.2) is 22.1 Å². The molecule has 0 aromatic carbocycles. The Hall–Kier alpha value is -1.65. The Kier molecular flexibility index (Phi) is 3.60. The maximum absolute atomic E-state index is 11.4. The van der Waals surface area contributed by atoms with E-state index in [0.29, 0.717) is 12.2 Å². The van der Waals surface area contributed by atoms with Gasteiger partial charge in [-0.05, 0) is 19.9 Å². The van der Waals surface area contributed by atoms with Crippen molar-refractivity contribution in [3.05, 3.63) is 27.9 Å². The molecule has 0 fully saturated rings. The normalized spacial score (nSPS) is 10.1. The lowest BCUT2D eigenvalue weighted by molar-refractivity contribution is -0.141. The van der Waals surface area contributed by atoms with Crippen molar-refractivity contribution in [3.63, 3.8) is 0 Å². The second-order valence-electron chi connectivity index (χ2n) is 3.31. The van der Waals surface area contributed by atoms with E-state index in [-0.39, 0.29) is 18.3 Å². The molecule has 0 spiro atoms. The highest BCUT2D eigenvalue weighted by atomic mass is 16.5. The summed E-state index contributed by atoms with van der Waals surface area (Å²) in [6, 6.07) is 1.81. The van der Waals surface area contributed by atoms with Crippen LogP contribution in [0.25, 0.3) is 0 Å². The quantitative estimate of drug-likeness (QED) is 0.678. The Morgan fingerprint density at radius 1 is 1.53 bits per heavy atom. The molecule has 0 aliphatic heterocycles. The molecule has 5 heteroatoms. The van der Waals surface area contributed by atoms with E-state index >= 15 is 0 Å². The van der Waals surface area contributed by atoms with Crippen molar-refractivity contribution in [3.8, 4) is 0 Å². The first-order chi connectivity index (χ1) is 7.00. The van der Waals surface area contributed by atoms with Gasteiger partial charge in [-0.1, -0.05) is 0 Å². The number of aryl methyl sites for hydroxylation is 2. The van der Waals surface area contributed by atoms with Crippen LogP contribution in [0.15, 0.2) is 10.9 Å². The molecule has 0 bridgehead atoms. The summed E-state index contributed by atoms with van der Waals surface area (Å²) in [6.07, 6.45) is 0. The van der Waals surface area contributed by atoms with Crippen molar-refractivity contribution in [2.24, 2.45) is 0 Å². The van der Waals surface area contributed by atoms with Crippen LogP contribution < -0.4 is 5.69 Å². The Morgan fingerprint density at radius 2 is 2.20 bits per heavy atom. The summed E-state index contributed by atoms with van der Waals surface area (Å²) in [5.74, 6) is -0.347. The standard InChI is InChI=1S/C10H14N2O3/c1-7-6-8(2)12(10(14)11-7)4-5-15-9(3)13/h6H,4-5H2,1-3H3. The van der Waals surface area contributed by atoms with Gasteiger partial charge in [0.2, 0.25) is 0 Å². The maximum atomic E-state index is 11.4. The van der Waals surface area contributed by atoms with Crippen molar-refractivity contribution in [1.29, 1.82) is 0 Å². The van der Waals surface area contributed by atoms with Gasteiger partial charge >= 0.3 is 11.7 Å². The summed E-state index contributed by atoms with van der Waals surface area (Å²) < 4.78 is 6.24. The van der Waals surface area contributed by atoms with Crippen LogP contribution in [0.3, 0.4) is 0 Å². The smallest absolute Gasteiger partial charge is 0.348 e. The van der Waals surface area contributed by atoms with Crippen LogP contribution in [0, 0.1) is 13.8 Å². The molecule has 1 rings (SSSR count). The Morgan fingerprint density at radius 3 is 2.73 bits per heavy atom. The first-order valence-electron chi connectivity index (χ1n) is 4.69.